The molecule has 0 bridgehead atoms. The number of ether oxygens (including phenoxy) is 2. The SMILES string of the molecule is N#Cc1cc(-c2ccnc3[nH]c(-c4ccc(N5CCOCC5)cc4)cc23)ccc1OC1CN(C(=O)CO)C1. The topological polar surface area (TPSA) is 115 Å². The lowest BCUT2D eigenvalue weighted by Crippen LogP contribution is -2.56. The van der Waals surface area contributed by atoms with Crippen LogP contribution in [-0.4, -0.2) is 78.0 Å². The van der Waals surface area contributed by atoms with E-state index in [-0.39, 0.29) is 12.0 Å². The minimum Gasteiger partial charge on any atom is -0.485 e. The lowest BCUT2D eigenvalue weighted by atomic mass is 10.0. The van der Waals surface area contributed by atoms with Crippen LogP contribution < -0.4 is 9.64 Å². The predicted octanol–water partition coefficient (Wildman–Crippen LogP) is 3.19. The molecule has 38 heavy (non-hydrogen) atoms. The number of aromatic nitrogens is 2. The van der Waals surface area contributed by atoms with E-state index in [1.807, 2.05) is 18.2 Å². The molecule has 2 aliphatic heterocycles. The molecular weight excluding hydrogens is 482 g/mol. The number of benzene rings is 2. The average molecular weight is 510 g/mol. The van der Waals surface area contributed by atoms with E-state index in [0.717, 1.165) is 59.7 Å². The van der Waals surface area contributed by atoms with Crippen LogP contribution in [0.5, 0.6) is 5.75 Å². The molecule has 2 aromatic carbocycles. The molecule has 0 aliphatic carbocycles. The minimum atomic E-state index is -0.508. The van der Waals surface area contributed by atoms with Gasteiger partial charge in [0.2, 0.25) is 5.91 Å². The Labute approximate surface area is 219 Å². The Kier molecular flexibility index (Phi) is 6.42. The van der Waals surface area contributed by atoms with E-state index in [0.29, 0.717) is 24.4 Å². The maximum atomic E-state index is 11.6. The van der Waals surface area contributed by atoms with Gasteiger partial charge in [-0.25, -0.2) is 4.98 Å². The van der Waals surface area contributed by atoms with E-state index < -0.39 is 6.61 Å². The third-order valence-electron chi connectivity index (χ3n) is 7.13. The number of carbonyl (C=O) groups excluding carboxylic acids is 1. The van der Waals surface area contributed by atoms with Crippen LogP contribution in [0.25, 0.3) is 33.4 Å². The Morgan fingerprint density at radius 2 is 1.87 bits per heavy atom. The molecule has 0 unspecified atom stereocenters. The molecule has 2 N–H and O–H groups in total. The number of anilines is 1. The summed E-state index contributed by atoms with van der Waals surface area (Å²) in [5.41, 5.74) is 6.29. The minimum absolute atomic E-state index is 0.196. The number of nitrogens with one attached hydrogen (secondary N) is 1. The second-order valence-electron chi connectivity index (χ2n) is 9.47. The number of morpholine rings is 1. The quantitative estimate of drug-likeness (QED) is 0.410. The van der Waals surface area contributed by atoms with E-state index >= 15 is 0 Å². The fraction of sp³-hybridized carbons (Fsp3) is 0.276. The van der Waals surface area contributed by atoms with Crippen LogP contribution >= 0.6 is 0 Å². The van der Waals surface area contributed by atoms with Gasteiger partial charge in [-0.15, -0.1) is 0 Å². The zero-order valence-corrected chi connectivity index (χ0v) is 20.8. The number of fused-ring (bicyclic) bond motifs is 1. The highest BCUT2D eigenvalue weighted by Crippen LogP contribution is 2.34. The summed E-state index contributed by atoms with van der Waals surface area (Å²) in [7, 11) is 0. The molecule has 2 saturated heterocycles. The number of pyridine rings is 1. The maximum Gasteiger partial charge on any atom is 0.248 e. The highest BCUT2D eigenvalue weighted by atomic mass is 16.5. The Morgan fingerprint density at radius 3 is 2.61 bits per heavy atom. The van der Waals surface area contributed by atoms with Crippen molar-refractivity contribution in [3.05, 3.63) is 66.4 Å². The van der Waals surface area contributed by atoms with Crippen molar-refractivity contribution in [1.82, 2.24) is 14.9 Å². The van der Waals surface area contributed by atoms with E-state index in [2.05, 4.69) is 51.3 Å². The molecule has 4 heterocycles. The van der Waals surface area contributed by atoms with Gasteiger partial charge in [0.25, 0.3) is 0 Å². The molecule has 4 aromatic rings. The molecule has 2 aliphatic rings. The summed E-state index contributed by atoms with van der Waals surface area (Å²) in [5, 5.41) is 19.7. The van der Waals surface area contributed by atoms with Crippen molar-refractivity contribution in [2.24, 2.45) is 0 Å². The summed E-state index contributed by atoms with van der Waals surface area (Å²) in [5.74, 6) is 0.166. The monoisotopic (exact) mass is 509 g/mol. The van der Waals surface area contributed by atoms with Crippen molar-refractivity contribution in [1.29, 1.82) is 5.26 Å². The number of nitriles is 1. The number of hydrogen-bond acceptors (Lipinski definition) is 7. The van der Waals surface area contributed by atoms with Crippen LogP contribution in [0.3, 0.4) is 0 Å². The lowest BCUT2D eigenvalue weighted by Gasteiger charge is -2.38. The van der Waals surface area contributed by atoms with Gasteiger partial charge in [-0.1, -0.05) is 18.2 Å². The molecule has 0 spiro atoms. The number of aliphatic hydroxyl groups is 1. The number of carbonyl (C=O) groups is 1. The highest BCUT2D eigenvalue weighted by Gasteiger charge is 2.32. The number of rotatable bonds is 6. The van der Waals surface area contributed by atoms with Gasteiger partial charge in [0.1, 0.15) is 30.2 Å². The summed E-state index contributed by atoms with van der Waals surface area (Å²) in [6.45, 7) is 3.60. The molecule has 0 atom stereocenters. The van der Waals surface area contributed by atoms with Gasteiger partial charge < -0.3 is 29.4 Å². The number of hydrogen-bond donors (Lipinski definition) is 2. The first kappa shape index (κ1) is 24.0. The Hall–Kier alpha value is -4.39. The summed E-state index contributed by atoms with van der Waals surface area (Å²) >= 11 is 0. The van der Waals surface area contributed by atoms with Crippen molar-refractivity contribution < 1.29 is 19.4 Å². The van der Waals surface area contributed by atoms with E-state index in [9.17, 15) is 10.1 Å². The molecule has 192 valence electrons. The fourth-order valence-electron chi connectivity index (χ4n) is 4.99. The number of aliphatic hydroxyl groups excluding tert-OH is 1. The third kappa shape index (κ3) is 4.56. The van der Waals surface area contributed by atoms with Gasteiger partial charge in [0.05, 0.1) is 31.9 Å². The molecule has 0 radical (unpaired) electrons. The molecule has 2 fully saturated rings. The van der Waals surface area contributed by atoms with Crippen LogP contribution in [0.15, 0.2) is 60.8 Å². The number of nitrogens with zero attached hydrogens (tertiary/aromatic N) is 4. The number of H-pyrrole nitrogens is 1. The first-order chi connectivity index (χ1) is 18.6. The van der Waals surface area contributed by atoms with Gasteiger partial charge in [-0.3, -0.25) is 4.79 Å². The maximum absolute atomic E-state index is 11.6. The van der Waals surface area contributed by atoms with E-state index in [4.69, 9.17) is 14.6 Å². The van der Waals surface area contributed by atoms with Crippen molar-refractivity contribution >= 4 is 22.6 Å². The first-order valence-corrected chi connectivity index (χ1v) is 12.6. The number of likely N-dealkylation sites (tertiary alicyclic amines) is 1. The van der Waals surface area contributed by atoms with Crippen LogP contribution in [0.2, 0.25) is 0 Å². The molecule has 2 aromatic heterocycles. The van der Waals surface area contributed by atoms with Gasteiger partial charge in [0.15, 0.2) is 0 Å². The van der Waals surface area contributed by atoms with Crippen LogP contribution in [-0.2, 0) is 9.53 Å². The van der Waals surface area contributed by atoms with Gasteiger partial charge in [-0.05, 0) is 53.1 Å². The summed E-state index contributed by atoms with van der Waals surface area (Å²) in [4.78, 5) is 23.4. The first-order valence-electron chi connectivity index (χ1n) is 12.6. The predicted molar refractivity (Wildman–Crippen MR) is 143 cm³/mol. The zero-order chi connectivity index (χ0) is 26.1. The third-order valence-corrected chi connectivity index (χ3v) is 7.13. The van der Waals surface area contributed by atoms with Crippen LogP contribution in [0.1, 0.15) is 5.56 Å². The van der Waals surface area contributed by atoms with Crippen LogP contribution in [0, 0.1) is 11.3 Å². The van der Waals surface area contributed by atoms with Gasteiger partial charge in [-0.2, -0.15) is 5.26 Å². The van der Waals surface area contributed by atoms with Crippen molar-refractivity contribution in [3.63, 3.8) is 0 Å². The van der Waals surface area contributed by atoms with Gasteiger partial charge >= 0.3 is 0 Å². The van der Waals surface area contributed by atoms with Crippen molar-refractivity contribution in [3.8, 4) is 34.2 Å². The zero-order valence-electron chi connectivity index (χ0n) is 20.8. The molecule has 9 heteroatoms. The van der Waals surface area contributed by atoms with Crippen molar-refractivity contribution in [2.75, 3.05) is 50.9 Å². The number of aromatic amines is 1. The van der Waals surface area contributed by atoms with Crippen molar-refractivity contribution in [2.45, 2.75) is 6.10 Å². The van der Waals surface area contributed by atoms with Gasteiger partial charge in [0, 0.05) is 36.1 Å². The molecule has 9 nitrogen and oxygen atoms in total. The average Bonchev–Trinajstić information content (AvgIpc) is 3.39. The summed E-state index contributed by atoms with van der Waals surface area (Å²) in [6, 6.07) is 20.3. The van der Waals surface area contributed by atoms with E-state index in [1.165, 1.54) is 10.6 Å². The Balaban J connectivity index is 1.24. The molecule has 1 amide bonds. The van der Waals surface area contributed by atoms with Crippen LogP contribution in [0.4, 0.5) is 5.69 Å². The standard InChI is InChI=1S/C29H27N5O4/c30-15-21-13-20(3-6-27(21)38-23-16-34(17-23)28(36)18-35)24-7-8-31-29-25(24)14-26(32-29)19-1-4-22(5-2-19)33-9-11-37-12-10-33/h1-8,13-14,23,35H,9-12,16-18H2,(H,31,32). The molecule has 6 rings (SSSR count). The molecule has 0 saturated carbocycles. The fourth-order valence-corrected chi connectivity index (χ4v) is 4.99. The van der Waals surface area contributed by atoms with E-state index in [1.54, 1.807) is 12.3 Å². The smallest absolute Gasteiger partial charge is 0.248 e. The number of amides is 1. The lowest BCUT2D eigenvalue weighted by molar-refractivity contribution is -0.142. The second-order valence-corrected chi connectivity index (χ2v) is 9.47. The Morgan fingerprint density at radius 1 is 1.11 bits per heavy atom. The largest absolute Gasteiger partial charge is 0.485 e. The highest BCUT2D eigenvalue weighted by molar-refractivity contribution is 5.96. The molecular formula is C29H27N5O4. The summed E-state index contributed by atoms with van der Waals surface area (Å²) in [6.07, 6.45) is 1.56. The normalized spacial score (nSPS) is 15.8. The summed E-state index contributed by atoms with van der Waals surface area (Å²) < 4.78 is 11.4. The second kappa shape index (κ2) is 10.2. The Bertz CT molecular complexity index is 1510.